The maximum atomic E-state index is 11.6. The SMILES string of the molecule is N#Cc1ccc(OCC(=O)NC(=O)NCc2cccs2)cc1. The van der Waals surface area contributed by atoms with E-state index in [1.807, 2.05) is 23.6 Å². The number of nitriles is 1. The van der Waals surface area contributed by atoms with Crippen molar-refractivity contribution in [2.45, 2.75) is 6.54 Å². The van der Waals surface area contributed by atoms with Gasteiger partial charge in [-0.05, 0) is 35.7 Å². The van der Waals surface area contributed by atoms with E-state index in [4.69, 9.17) is 10.00 Å². The first kappa shape index (κ1) is 15.5. The number of urea groups is 1. The third-order valence-electron chi connectivity index (χ3n) is 2.61. The van der Waals surface area contributed by atoms with Crippen LogP contribution in [0.4, 0.5) is 4.79 Å². The van der Waals surface area contributed by atoms with Gasteiger partial charge in [0.2, 0.25) is 0 Å². The number of carbonyl (C=O) groups excluding carboxylic acids is 2. The molecule has 1 aromatic carbocycles. The molecular formula is C15H13N3O3S. The summed E-state index contributed by atoms with van der Waals surface area (Å²) in [5.74, 6) is -0.0961. The van der Waals surface area contributed by atoms with E-state index >= 15 is 0 Å². The van der Waals surface area contributed by atoms with Gasteiger partial charge in [0.25, 0.3) is 5.91 Å². The van der Waals surface area contributed by atoms with Crippen molar-refractivity contribution in [3.8, 4) is 11.8 Å². The van der Waals surface area contributed by atoms with E-state index < -0.39 is 11.9 Å². The topological polar surface area (TPSA) is 91.2 Å². The number of rotatable bonds is 5. The highest BCUT2D eigenvalue weighted by molar-refractivity contribution is 7.09. The highest BCUT2D eigenvalue weighted by atomic mass is 32.1. The Morgan fingerprint density at radius 2 is 2.00 bits per heavy atom. The summed E-state index contributed by atoms with van der Waals surface area (Å²) in [7, 11) is 0. The van der Waals surface area contributed by atoms with Gasteiger partial charge >= 0.3 is 6.03 Å². The first-order chi connectivity index (χ1) is 10.7. The largest absolute Gasteiger partial charge is 0.484 e. The Hall–Kier alpha value is -2.85. The Kier molecular flexibility index (Phi) is 5.51. The molecule has 1 aromatic heterocycles. The Morgan fingerprint density at radius 1 is 1.23 bits per heavy atom. The van der Waals surface area contributed by atoms with Crippen LogP contribution in [0.25, 0.3) is 0 Å². The lowest BCUT2D eigenvalue weighted by molar-refractivity contribution is -0.122. The number of hydrogen-bond acceptors (Lipinski definition) is 5. The van der Waals surface area contributed by atoms with E-state index in [-0.39, 0.29) is 6.61 Å². The molecule has 6 nitrogen and oxygen atoms in total. The number of carbonyl (C=O) groups is 2. The summed E-state index contributed by atoms with van der Waals surface area (Å²) in [4.78, 5) is 24.1. The normalized spacial score (nSPS) is 9.59. The molecule has 0 spiro atoms. The van der Waals surface area contributed by atoms with Crippen molar-refractivity contribution in [3.63, 3.8) is 0 Å². The van der Waals surface area contributed by atoms with Gasteiger partial charge in [0.1, 0.15) is 5.75 Å². The maximum absolute atomic E-state index is 11.6. The second-order valence-corrected chi connectivity index (χ2v) is 5.27. The van der Waals surface area contributed by atoms with Crippen LogP contribution in [0.1, 0.15) is 10.4 Å². The summed E-state index contributed by atoms with van der Waals surface area (Å²) in [6.45, 7) is 0.0889. The van der Waals surface area contributed by atoms with Crippen molar-refractivity contribution < 1.29 is 14.3 Å². The Balaban J connectivity index is 1.70. The molecule has 0 unspecified atom stereocenters. The van der Waals surface area contributed by atoms with Gasteiger partial charge in [0.05, 0.1) is 18.2 Å². The minimum absolute atomic E-state index is 0.279. The molecule has 0 fully saturated rings. The van der Waals surface area contributed by atoms with Crippen LogP contribution in [0.2, 0.25) is 0 Å². The molecule has 0 saturated heterocycles. The summed E-state index contributed by atoms with van der Waals surface area (Å²) in [5.41, 5.74) is 0.504. The Bertz CT molecular complexity index is 675. The van der Waals surface area contributed by atoms with Gasteiger partial charge in [-0.3, -0.25) is 10.1 Å². The van der Waals surface area contributed by atoms with Gasteiger partial charge in [-0.1, -0.05) is 6.07 Å². The van der Waals surface area contributed by atoms with E-state index in [1.165, 1.54) is 11.3 Å². The molecule has 22 heavy (non-hydrogen) atoms. The van der Waals surface area contributed by atoms with Gasteiger partial charge in [0, 0.05) is 4.88 Å². The number of imide groups is 1. The van der Waals surface area contributed by atoms with Crippen molar-refractivity contribution in [3.05, 3.63) is 52.2 Å². The smallest absolute Gasteiger partial charge is 0.321 e. The second-order valence-electron chi connectivity index (χ2n) is 4.24. The predicted molar refractivity (Wildman–Crippen MR) is 81.3 cm³/mol. The minimum Gasteiger partial charge on any atom is -0.484 e. The number of nitrogens with zero attached hydrogens (tertiary/aromatic N) is 1. The van der Waals surface area contributed by atoms with Crippen LogP contribution in [0.5, 0.6) is 5.75 Å². The van der Waals surface area contributed by atoms with Crippen molar-refractivity contribution in [2.75, 3.05) is 6.61 Å². The highest BCUT2D eigenvalue weighted by Crippen LogP contribution is 2.11. The zero-order chi connectivity index (χ0) is 15.8. The molecule has 0 aliphatic rings. The molecule has 3 amide bonds. The van der Waals surface area contributed by atoms with Crippen LogP contribution in [0.15, 0.2) is 41.8 Å². The van der Waals surface area contributed by atoms with E-state index in [0.717, 1.165) is 4.88 Å². The summed E-state index contributed by atoms with van der Waals surface area (Å²) >= 11 is 1.52. The Morgan fingerprint density at radius 3 is 2.64 bits per heavy atom. The molecule has 7 heteroatoms. The summed E-state index contributed by atoms with van der Waals surface area (Å²) < 4.78 is 5.22. The molecule has 0 radical (unpaired) electrons. The number of benzene rings is 1. The van der Waals surface area contributed by atoms with Gasteiger partial charge in [0.15, 0.2) is 6.61 Å². The summed E-state index contributed by atoms with van der Waals surface area (Å²) in [5, 5.41) is 15.3. The van der Waals surface area contributed by atoms with E-state index in [2.05, 4.69) is 10.6 Å². The molecule has 2 N–H and O–H groups in total. The third-order valence-corrected chi connectivity index (χ3v) is 3.49. The average molecular weight is 315 g/mol. The molecule has 0 saturated carbocycles. The molecule has 112 valence electrons. The fourth-order valence-corrected chi connectivity index (χ4v) is 2.21. The van der Waals surface area contributed by atoms with Crippen molar-refractivity contribution in [2.24, 2.45) is 0 Å². The second kappa shape index (κ2) is 7.81. The van der Waals surface area contributed by atoms with Crippen molar-refractivity contribution >= 4 is 23.3 Å². The predicted octanol–water partition coefficient (Wildman–Crippen LogP) is 2.02. The quantitative estimate of drug-likeness (QED) is 0.883. The number of nitrogens with one attached hydrogen (secondary N) is 2. The van der Waals surface area contributed by atoms with Crippen molar-refractivity contribution in [1.29, 1.82) is 5.26 Å². The average Bonchev–Trinajstić information content (AvgIpc) is 3.05. The monoisotopic (exact) mass is 315 g/mol. The standard InChI is InChI=1S/C15H13N3O3S/c16-8-11-3-5-12(6-4-11)21-10-14(19)18-15(20)17-9-13-2-1-7-22-13/h1-7H,9-10H2,(H2,17,18,19,20). The van der Waals surface area contributed by atoms with Crippen LogP contribution in [-0.2, 0) is 11.3 Å². The zero-order valence-electron chi connectivity index (χ0n) is 11.5. The molecule has 1 heterocycles. The molecule has 2 aromatic rings. The van der Waals surface area contributed by atoms with Crippen molar-refractivity contribution in [1.82, 2.24) is 10.6 Å². The van der Waals surface area contributed by atoms with Crippen LogP contribution >= 0.6 is 11.3 Å². The van der Waals surface area contributed by atoms with Crippen LogP contribution < -0.4 is 15.4 Å². The first-order valence-electron chi connectivity index (χ1n) is 6.40. The van der Waals surface area contributed by atoms with E-state index in [0.29, 0.717) is 17.9 Å². The first-order valence-corrected chi connectivity index (χ1v) is 7.28. The van der Waals surface area contributed by atoms with E-state index in [1.54, 1.807) is 24.3 Å². The number of thiophene rings is 1. The number of amides is 3. The molecule has 0 bridgehead atoms. The lowest BCUT2D eigenvalue weighted by Gasteiger charge is -2.07. The minimum atomic E-state index is -0.568. The fourth-order valence-electron chi connectivity index (χ4n) is 1.56. The van der Waals surface area contributed by atoms with E-state index in [9.17, 15) is 9.59 Å². The summed E-state index contributed by atoms with van der Waals surface area (Å²) in [6.07, 6.45) is 0. The maximum Gasteiger partial charge on any atom is 0.321 e. The highest BCUT2D eigenvalue weighted by Gasteiger charge is 2.08. The molecule has 0 aliphatic heterocycles. The van der Waals surface area contributed by atoms with Gasteiger partial charge in [-0.2, -0.15) is 5.26 Å². The van der Waals surface area contributed by atoms with Crippen LogP contribution in [0, 0.1) is 11.3 Å². The zero-order valence-corrected chi connectivity index (χ0v) is 12.4. The molecule has 0 atom stereocenters. The lowest BCUT2D eigenvalue weighted by atomic mass is 10.2. The molecule has 0 aliphatic carbocycles. The Labute approximate surface area is 131 Å². The summed E-state index contributed by atoms with van der Waals surface area (Å²) in [6, 6.07) is 11.5. The van der Waals surface area contributed by atoms with Gasteiger partial charge in [-0.25, -0.2) is 4.79 Å². The van der Waals surface area contributed by atoms with Crippen LogP contribution in [-0.4, -0.2) is 18.5 Å². The van der Waals surface area contributed by atoms with Crippen LogP contribution in [0.3, 0.4) is 0 Å². The van der Waals surface area contributed by atoms with Gasteiger partial charge < -0.3 is 10.1 Å². The number of hydrogen-bond donors (Lipinski definition) is 2. The molecule has 2 rings (SSSR count). The fraction of sp³-hybridized carbons (Fsp3) is 0.133. The number of ether oxygens (including phenoxy) is 1. The molecular weight excluding hydrogens is 302 g/mol. The van der Waals surface area contributed by atoms with Gasteiger partial charge in [-0.15, -0.1) is 11.3 Å². The lowest BCUT2D eigenvalue weighted by Crippen LogP contribution is -2.41. The third kappa shape index (κ3) is 4.92.